The number of rotatable bonds is 4. The molecule has 1 aliphatic heterocycles. The van der Waals surface area contributed by atoms with Gasteiger partial charge in [0.25, 0.3) is 5.56 Å². The maximum Gasteiger partial charge on any atom is 0.266 e. The van der Waals surface area contributed by atoms with Crippen LogP contribution in [0.25, 0.3) is 0 Å². The van der Waals surface area contributed by atoms with Crippen molar-refractivity contribution in [2.45, 2.75) is 43.7 Å². The molecule has 0 radical (unpaired) electrons. The maximum absolute atomic E-state index is 12.3. The topological polar surface area (TPSA) is 82.3 Å². The van der Waals surface area contributed by atoms with E-state index in [1.54, 1.807) is 0 Å². The maximum atomic E-state index is 12.3. The van der Waals surface area contributed by atoms with Gasteiger partial charge in [-0.1, -0.05) is 11.6 Å². The van der Waals surface area contributed by atoms with E-state index in [-0.39, 0.29) is 16.0 Å². The Morgan fingerprint density at radius 2 is 2.00 bits per heavy atom. The van der Waals surface area contributed by atoms with Crippen molar-refractivity contribution in [3.05, 3.63) is 27.6 Å². The Hall–Kier alpha value is -0.890. The predicted molar refractivity (Wildman–Crippen MR) is 82.1 cm³/mol. The monoisotopic (exact) mass is 333 g/mol. The zero-order valence-corrected chi connectivity index (χ0v) is 13.7. The quantitative estimate of drug-likeness (QED) is 0.866. The molecule has 1 aliphatic rings. The van der Waals surface area contributed by atoms with Crippen LogP contribution in [0.3, 0.4) is 0 Å². The minimum Gasteiger partial charge on any atom is -0.326 e. The average molecular weight is 334 g/mol. The fraction of sp³-hybridized carbons (Fsp3) is 0.615. The summed E-state index contributed by atoms with van der Waals surface area (Å²) in [6.07, 6.45) is 2.71. The number of pyridine rings is 1. The Morgan fingerprint density at radius 1 is 1.38 bits per heavy atom. The molecule has 118 valence electrons. The van der Waals surface area contributed by atoms with Crippen molar-refractivity contribution in [2.75, 3.05) is 13.1 Å². The van der Waals surface area contributed by atoms with Crippen molar-refractivity contribution in [1.29, 1.82) is 0 Å². The summed E-state index contributed by atoms with van der Waals surface area (Å²) < 4.78 is 27.2. The van der Waals surface area contributed by atoms with Crippen molar-refractivity contribution < 1.29 is 8.42 Å². The molecule has 0 aromatic carbocycles. The predicted octanol–water partition coefficient (Wildman–Crippen LogP) is 1.18. The summed E-state index contributed by atoms with van der Waals surface area (Å²) in [6, 6.07) is 1.56. The van der Waals surface area contributed by atoms with E-state index in [9.17, 15) is 13.2 Å². The highest BCUT2D eigenvalue weighted by Crippen LogP contribution is 2.16. The van der Waals surface area contributed by atoms with Gasteiger partial charge in [0.1, 0.15) is 5.02 Å². The number of likely N-dealkylation sites (tertiary alicyclic amines) is 1. The van der Waals surface area contributed by atoms with E-state index >= 15 is 0 Å². The van der Waals surface area contributed by atoms with Crippen LogP contribution in [-0.2, 0) is 10.0 Å². The molecule has 1 saturated heterocycles. The van der Waals surface area contributed by atoms with Gasteiger partial charge in [0.2, 0.25) is 10.0 Å². The van der Waals surface area contributed by atoms with Crippen molar-refractivity contribution in [2.24, 2.45) is 0 Å². The third kappa shape index (κ3) is 4.06. The van der Waals surface area contributed by atoms with E-state index < -0.39 is 15.6 Å². The van der Waals surface area contributed by atoms with Crippen LogP contribution in [-0.4, -0.2) is 43.5 Å². The van der Waals surface area contributed by atoms with E-state index in [1.807, 2.05) is 0 Å². The first-order chi connectivity index (χ1) is 9.79. The van der Waals surface area contributed by atoms with Crippen LogP contribution in [0.5, 0.6) is 0 Å². The number of sulfonamides is 1. The highest BCUT2D eigenvalue weighted by Gasteiger charge is 2.25. The Kier molecular flexibility index (Phi) is 5.08. The molecule has 2 heterocycles. The molecule has 0 aliphatic carbocycles. The number of halogens is 1. The van der Waals surface area contributed by atoms with Gasteiger partial charge in [-0.25, -0.2) is 13.1 Å². The van der Waals surface area contributed by atoms with E-state index in [0.29, 0.717) is 6.04 Å². The van der Waals surface area contributed by atoms with E-state index in [1.165, 1.54) is 12.3 Å². The Morgan fingerprint density at radius 3 is 2.52 bits per heavy atom. The molecule has 1 fully saturated rings. The number of aromatic nitrogens is 1. The van der Waals surface area contributed by atoms with Crippen molar-refractivity contribution in [3.63, 3.8) is 0 Å². The molecular weight excluding hydrogens is 314 g/mol. The molecular formula is C13H20ClN3O3S. The number of H-pyrrole nitrogens is 1. The molecule has 1 aromatic heterocycles. The van der Waals surface area contributed by atoms with Crippen LogP contribution in [0, 0.1) is 0 Å². The molecule has 2 N–H and O–H groups in total. The number of nitrogens with zero attached hydrogens (tertiary/aromatic N) is 1. The molecule has 2 rings (SSSR count). The van der Waals surface area contributed by atoms with Crippen molar-refractivity contribution in [3.8, 4) is 0 Å². The summed E-state index contributed by atoms with van der Waals surface area (Å²) in [5.74, 6) is 0. The molecule has 0 spiro atoms. The lowest BCUT2D eigenvalue weighted by atomic mass is 10.1. The van der Waals surface area contributed by atoms with Gasteiger partial charge in [-0.3, -0.25) is 4.79 Å². The van der Waals surface area contributed by atoms with Crippen molar-refractivity contribution in [1.82, 2.24) is 14.6 Å². The van der Waals surface area contributed by atoms with Gasteiger partial charge in [-0.15, -0.1) is 0 Å². The molecule has 1 aromatic rings. The first kappa shape index (κ1) is 16.5. The zero-order chi connectivity index (χ0) is 15.6. The van der Waals surface area contributed by atoms with Crippen LogP contribution in [0.15, 0.2) is 22.0 Å². The molecule has 0 atom stereocenters. The molecule has 0 bridgehead atoms. The second kappa shape index (κ2) is 6.48. The fourth-order valence-corrected chi connectivity index (χ4v) is 3.95. The Labute approximate surface area is 129 Å². The fourth-order valence-electron chi connectivity index (χ4n) is 2.41. The second-order valence-corrected chi connectivity index (χ2v) is 7.66. The van der Waals surface area contributed by atoms with Crippen LogP contribution in [0.4, 0.5) is 0 Å². The summed E-state index contributed by atoms with van der Waals surface area (Å²) in [7, 11) is -3.66. The van der Waals surface area contributed by atoms with Crippen LogP contribution in [0.2, 0.25) is 5.02 Å². The average Bonchev–Trinajstić information content (AvgIpc) is 2.42. The summed E-state index contributed by atoms with van der Waals surface area (Å²) in [6.45, 7) is 6.01. The number of hydrogen-bond donors (Lipinski definition) is 2. The third-order valence-electron chi connectivity index (χ3n) is 3.72. The molecule has 0 amide bonds. The highest BCUT2D eigenvalue weighted by atomic mass is 35.5. The van der Waals surface area contributed by atoms with Gasteiger partial charge in [0, 0.05) is 18.3 Å². The lowest BCUT2D eigenvalue weighted by molar-refractivity contribution is 0.168. The largest absolute Gasteiger partial charge is 0.326 e. The van der Waals surface area contributed by atoms with Gasteiger partial charge in [-0.05, 0) is 45.8 Å². The number of piperidine rings is 1. The first-order valence-corrected chi connectivity index (χ1v) is 8.80. The SMILES string of the molecule is CC(C)N1CCC(NS(=O)(=O)c2c[nH]c(=O)c(Cl)c2)CC1. The van der Waals surface area contributed by atoms with E-state index in [2.05, 4.69) is 28.5 Å². The van der Waals surface area contributed by atoms with Gasteiger partial charge in [0.15, 0.2) is 0 Å². The summed E-state index contributed by atoms with van der Waals surface area (Å²) in [5.41, 5.74) is -0.499. The summed E-state index contributed by atoms with van der Waals surface area (Å²) in [5, 5.41) is -0.132. The zero-order valence-electron chi connectivity index (χ0n) is 12.1. The molecule has 0 saturated carbocycles. The minimum absolute atomic E-state index is 0.0154. The number of aromatic amines is 1. The standard InChI is InChI=1S/C13H20ClN3O3S/c1-9(2)17-5-3-10(4-6-17)16-21(19,20)11-7-12(14)13(18)15-8-11/h7-10,16H,3-6H2,1-2H3,(H,15,18). The highest BCUT2D eigenvalue weighted by molar-refractivity contribution is 7.89. The Balaban J connectivity index is 2.05. The molecule has 6 nitrogen and oxygen atoms in total. The first-order valence-electron chi connectivity index (χ1n) is 6.94. The van der Waals surface area contributed by atoms with Crippen LogP contribution < -0.4 is 10.3 Å². The lowest BCUT2D eigenvalue weighted by Gasteiger charge is -2.34. The summed E-state index contributed by atoms with van der Waals surface area (Å²) in [4.78, 5) is 15.8. The number of hydrogen-bond acceptors (Lipinski definition) is 4. The molecule has 21 heavy (non-hydrogen) atoms. The van der Waals surface area contributed by atoms with Gasteiger partial charge in [-0.2, -0.15) is 0 Å². The third-order valence-corrected chi connectivity index (χ3v) is 5.50. The second-order valence-electron chi connectivity index (χ2n) is 5.54. The molecule has 8 heteroatoms. The smallest absolute Gasteiger partial charge is 0.266 e. The van der Waals surface area contributed by atoms with Crippen LogP contribution >= 0.6 is 11.6 Å². The van der Waals surface area contributed by atoms with Crippen molar-refractivity contribution >= 4 is 21.6 Å². The van der Waals surface area contributed by atoms with Gasteiger partial charge >= 0.3 is 0 Å². The minimum atomic E-state index is -3.66. The lowest BCUT2D eigenvalue weighted by Crippen LogP contribution is -2.46. The normalized spacial score (nSPS) is 18.3. The van der Waals surface area contributed by atoms with Gasteiger partial charge in [0.05, 0.1) is 4.90 Å². The number of nitrogens with one attached hydrogen (secondary N) is 2. The Bertz CT molecular complexity index is 649. The van der Waals surface area contributed by atoms with E-state index in [4.69, 9.17) is 11.6 Å². The van der Waals surface area contributed by atoms with Crippen LogP contribution in [0.1, 0.15) is 26.7 Å². The molecule has 0 unspecified atom stereocenters. The van der Waals surface area contributed by atoms with Gasteiger partial charge < -0.3 is 9.88 Å². The summed E-state index contributed by atoms with van der Waals surface area (Å²) >= 11 is 5.67. The van der Waals surface area contributed by atoms with E-state index in [0.717, 1.165) is 25.9 Å².